The van der Waals surface area contributed by atoms with Gasteiger partial charge in [-0.3, -0.25) is 4.79 Å². The van der Waals surface area contributed by atoms with E-state index in [-0.39, 0.29) is 36.7 Å². The zero-order valence-corrected chi connectivity index (χ0v) is 19.9. The molecule has 2 rings (SSSR count). The second kappa shape index (κ2) is 15.6. The van der Waals surface area contributed by atoms with Crippen molar-refractivity contribution in [2.45, 2.75) is 32.3 Å². The van der Waals surface area contributed by atoms with E-state index >= 15 is 0 Å². The third-order valence-corrected chi connectivity index (χ3v) is 4.57. The summed E-state index contributed by atoms with van der Waals surface area (Å²) in [4.78, 5) is 32.8. The molecule has 0 bridgehead atoms. The Morgan fingerprint density at radius 2 is 1.47 bits per heavy atom. The monoisotopic (exact) mass is 502 g/mol. The lowest BCUT2D eigenvalue weighted by Gasteiger charge is -2.10. The van der Waals surface area contributed by atoms with E-state index in [1.807, 2.05) is 6.07 Å². The van der Waals surface area contributed by atoms with Gasteiger partial charge >= 0.3 is 17.9 Å². The number of rotatable bonds is 11. The predicted octanol–water partition coefficient (Wildman–Crippen LogP) is 2.59. The van der Waals surface area contributed by atoms with Crippen LogP contribution in [0, 0.1) is 6.92 Å². The third kappa shape index (κ3) is 11.7. The van der Waals surface area contributed by atoms with Crippen molar-refractivity contribution in [3.63, 3.8) is 0 Å². The molecule has 1 unspecified atom stereocenters. The molecule has 2 aromatic rings. The van der Waals surface area contributed by atoms with Crippen molar-refractivity contribution in [2.75, 3.05) is 13.4 Å². The van der Waals surface area contributed by atoms with Crippen LogP contribution in [0.15, 0.2) is 61.7 Å². The molecule has 2 aromatic carbocycles. The lowest BCUT2D eigenvalue weighted by atomic mass is 10.1. The molecule has 0 radical (unpaired) electrons. The molecule has 0 amide bonds. The highest BCUT2D eigenvalue weighted by atomic mass is 16.7. The Morgan fingerprint density at radius 3 is 2.08 bits per heavy atom. The minimum Gasteiger partial charge on any atom is -0.508 e. The number of hydrogen-bond acceptors (Lipinski definition) is 10. The van der Waals surface area contributed by atoms with Gasteiger partial charge in [0, 0.05) is 25.0 Å². The summed E-state index contributed by atoms with van der Waals surface area (Å²) in [6.45, 7) is 7.67. The summed E-state index contributed by atoms with van der Waals surface area (Å²) in [5.41, 5.74) is 2.24. The molecule has 36 heavy (non-hydrogen) atoms. The molecular formula is C26H30O10. The van der Waals surface area contributed by atoms with Gasteiger partial charge in [0.05, 0.1) is 6.10 Å². The van der Waals surface area contributed by atoms with Gasteiger partial charge in [-0.15, -0.1) is 0 Å². The second-order valence-corrected chi connectivity index (χ2v) is 7.44. The highest BCUT2D eigenvalue weighted by molar-refractivity contribution is 5.81. The summed E-state index contributed by atoms with van der Waals surface area (Å²) in [5, 5.41) is 37.4. The van der Waals surface area contributed by atoms with Crippen molar-refractivity contribution in [1.82, 2.24) is 0 Å². The predicted molar refractivity (Wildman–Crippen MR) is 129 cm³/mol. The van der Waals surface area contributed by atoms with E-state index in [1.54, 1.807) is 25.1 Å². The molecule has 0 aliphatic carbocycles. The van der Waals surface area contributed by atoms with Crippen LogP contribution in [0.2, 0.25) is 0 Å². The first-order chi connectivity index (χ1) is 17.0. The van der Waals surface area contributed by atoms with Gasteiger partial charge in [-0.25, -0.2) is 9.59 Å². The Bertz CT molecular complexity index is 1060. The Balaban J connectivity index is 0.000000362. The molecular weight excluding hydrogens is 472 g/mol. The van der Waals surface area contributed by atoms with E-state index in [9.17, 15) is 29.7 Å². The minimum absolute atomic E-state index is 0.146. The zero-order chi connectivity index (χ0) is 27.1. The first kappa shape index (κ1) is 29.7. The molecule has 0 aliphatic heterocycles. The molecule has 0 fully saturated rings. The fraction of sp³-hybridized carbons (Fsp3) is 0.269. The number of benzene rings is 2. The van der Waals surface area contributed by atoms with Crippen LogP contribution < -0.4 is 0 Å². The van der Waals surface area contributed by atoms with E-state index in [4.69, 9.17) is 9.84 Å². The van der Waals surface area contributed by atoms with Crippen LogP contribution in [0.5, 0.6) is 17.2 Å². The Hall–Kier alpha value is -4.31. The molecule has 0 saturated carbocycles. The van der Waals surface area contributed by atoms with Gasteiger partial charge in [-0.2, -0.15) is 0 Å². The maximum atomic E-state index is 11.3. The lowest BCUT2D eigenvalue weighted by Crippen LogP contribution is -2.20. The van der Waals surface area contributed by atoms with Crippen molar-refractivity contribution in [2.24, 2.45) is 0 Å². The van der Waals surface area contributed by atoms with Crippen LogP contribution in [0.4, 0.5) is 0 Å². The molecule has 0 aromatic heterocycles. The van der Waals surface area contributed by atoms with Crippen LogP contribution in [0.1, 0.15) is 23.1 Å². The lowest BCUT2D eigenvalue weighted by molar-refractivity contribution is -0.163. The number of ether oxygens (including phenoxy) is 3. The average molecular weight is 503 g/mol. The fourth-order valence-electron chi connectivity index (χ4n) is 2.61. The number of phenolic OH excluding ortho intramolecular Hbond substituents is 3. The highest BCUT2D eigenvalue weighted by Gasteiger charge is 2.10. The SMILES string of the molecule is C=CC(=O)OCC(O)Cc1ccc(O)c(O)c1.C=CC(=O)OCOC(=O)CCc1ccc(C)c(O)c1. The number of aryl methyl sites for hydroxylation is 2. The fourth-order valence-corrected chi connectivity index (χ4v) is 2.61. The van der Waals surface area contributed by atoms with Gasteiger partial charge in [0.15, 0.2) is 11.5 Å². The number of hydrogen-bond donors (Lipinski definition) is 4. The standard InChI is InChI=1S/C14H16O5.C12H14O5/c1-3-13(16)18-9-19-14(17)7-6-11-5-4-10(2)12(15)8-11;1-2-12(16)17-7-9(13)5-8-3-4-10(14)11(15)6-8/h3-5,8,15H,1,6-7,9H2,2H3;2-4,6,9,13-15H,1,5,7H2. The maximum absolute atomic E-state index is 11.3. The average Bonchev–Trinajstić information content (AvgIpc) is 2.85. The quantitative estimate of drug-likeness (QED) is 0.156. The molecule has 10 nitrogen and oxygen atoms in total. The smallest absolute Gasteiger partial charge is 0.333 e. The van der Waals surface area contributed by atoms with Gasteiger partial charge in [0.25, 0.3) is 0 Å². The van der Waals surface area contributed by atoms with E-state index in [0.29, 0.717) is 12.0 Å². The van der Waals surface area contributed by atoms with Crippen LogP contribution in [0.25, 0.3) is 0 Å². The Morgan fingerprint density at radius 1 is 0.861 bits per heavy atom. The van der Waals surface area contributed by atoms with Crippen LogP contribution in [0.3, 0.4) is 0 Å². The van der Waals surface area contributed by atoms with Crippen molar-refractivity contribution in [3.8, 4) is 17.2 Å². The van der Waals surface area contributed by atoms with Crippen LogP contribution >= 0.6 is 0 Å². The number of phenols is 3. The van der Waals surface area contributed by atoms with Gasteiger partial charge in [-0.05, 0) is 48.2 Å². The summed E-state index contributed by atoms with van der Waals surface area (Å²) in [6, 6.07) is 9.46. The number of aromatic hydroxyl groups is 3. The Labute approximate surface area is 208 Å². The molecule has 4 N–H and O–H groups in total. The zero-order valence-electron chi connectivity index (χ0n) is 19.9. The molecule has 1 atom stereocenters. The van der Waals surface area contributed by atoms with Crippen LogP contribution in [-0.4, -0.2) is 57.8 Å². The third-order valence-electron chi connectivity index (χ3n) is 4.57. The highest BCUT2D eigenvalue weighted by Crippen LogP contribution is 2.25. The number of carbonyl (C=O) groups excluding carboxylic acids is 3. The van der Waals surface area contributed by atoms with Crippen molar-refractivity contribution in [3.05, 3.63) is 78.4 Å². The van der Waals surface area contributed by atoms with E-state index in [0.717, 1.165) is 23.3 Å². The molecule has 0 spiro atoms. The summed E-state index contributed by atoms with van der Waals surface area (Å²) in [6.07, 6.45) is 1.93. The van der Waals surface area contributed by atoms with E-state index < -0.39 is 30.8 Å². The van der Waals surface area contributed by atoms with E-state index in [2.05, 4.69) is 22.6 Å². The first-order valence-electron chi connectivity index (χ1n) is 10.8. The van der Waals surface area contributed by atoms with Crippen LogP contribution in [-0.2, 0) is 41.4 Å². The van der Waals surface area contributed by atoms with Gasteiger partial charge in [0.1, 0.15) is 12.4 Å². The molecule has 194 valence electrons. The number of aliphatic hydroxyl groups is 1. The molecule has 10 heteroatoms. The largest absolute Gasteiger partial charge is 0.508 e. The first-order valence-corrected chi connectivity index (χ1v) is 10.8. The summed E-state index contributed by atoms with van der Waals surface area (Å²) >= 11 is 0. The maximum Gasteiger partial charge on any atom is 0.333 e. The summed E-state index contributed by atoms with van der Waals surface area (Å²) in [7, 11) is 0. The number of esters is 3. The van der Waals surface area contributed by atoms with Crippen molar-refractivity contribution < 1.29 is 49.0 Å². The molecule has 0 saturated heterocycles. The second-order valence-electron chi connectivity index (χ2n) is 7.44. The summed E-state index contributed by atoms with van der Waals surface area (Å²) in [5.74, 6) is -1.99. The van der Waals surface area contributed by atoms with Gasteiger partial charge < -0.3 is 34.6 Å². The van der Waals surface area contributed by atoms with Gasteiger partial charge in [0.2, 0.25) is 6.79 Å². The molecule has 0 heterocycles. The number of carbonyl (C=O) groups is 3. The topological polar surface area (TPSA) is 160 Å². The summed E-state index contributed by atoms with van der Waals surface area (Å²) < 4.78 is 13.9. The van der Waals surface area contributed by atoms with Gasteiger partial charge in [-0.1, -0.05) is 31.4 Å². The van der Waals surface area contributed by atoms with Crippen molar-refractivity contribution in [1.29, 1.82) is 0 Å². The van der Waals surface area contributed by atoms with E-state index in [1.165, 1.54) is 12.1 Å². The molecule has 0 aliphatic rings. The minimum atomic E-state index is -0.872. The Kier molecular flexibility index (Phi) is 12.9. The van der Waals surface area contributed by atoms with Crippen molar-refractivity contribution >= 4 is 17.9 Å². The number of aliphatic hydroxyl groups excluding tert-OH is 1. The normalized spacial score (nSPS) is 10.7.